The quantitative estimate of drug-likeness (QED) is 0.635. The van der Waals surface area contributed by atoms with Crippen molar-refractivity contribution in [3.63, 3.8) is 0 Å². The van der Waals surface area contributed by atoms with Gasteiger partial charge in [-0.1, -0.05) is 6.07 Å². The molecular weight excluding hydrogens is 256 g/mol. The van der Waals surface area contributed by atoms with Gasteiger partial charge >= 0.3 is 0 Å². The van der Waals surface area contributed by atoms with Gasteiger partial charge in [-0.15, -0.1) is 0 Å². The lowest BCUT2D eigenvalue weighted by molar-refractivity contribution is 0.0506. The van der Waals surface area contributed by atoms with Gasteiger partial charge in [-0.3, -0.25) is 11.3 Å². The third kappa shape index (κ3) is 2.75. The van der Waals surface area contributed by atoms with Gasteiger partial charge in [0, 0.05) is 13.5 Å². The molecule has 1 fully saturated rings. The summed E-state index contributed by atoms with van der Waals surface area (Å²) in [4.78, 5) is 0. The molecule has 1 saturated carbocycles. The molecular formula is C15H22N2O3. The minimum atomic E-state index is -0.0235. The number of fused-ring (bicyclic) bond motifs is 1. The van der Waals surface area contributed by atoms with E-state index in [1.165, 1.54) is 12.8 Å². The topological polar surface area (TPSA) is 65.7 Å². The van der Waals surface area contributed by atoms with Gasteiger partial charge in [0.15, 0.2) is 11.5 Å². The van der Waals surface area contributed by atoms with Crippen LogP contribution in [0.15, 0.2) is 18.2 Å². The number of ether oxygens (including phenoxy) is 3. The Balaban J connectivity index is 1.85. The van der Waals surface area contributed by atoms with E-state index in [0.29, 0.717) is 19.1 Å². The van der Waals surface area contributed by atoms with E-state index in [0.717, 1.165) is 23.5 Å². The van der Waals surface area contributed by atoms with Crippen LogP contribution in [0.4, 0.5) is 0 Å². The summed E-state index contributed by atoms with van der Waals surface area (Å²) in [5.74, 6) is 7.95. The fourth-order valence-electron chi connectivity index (χ4n) is 2.78. The fourth-order valence-corrected chi connectivity index (χ4v) is 2.78. The van der Waals surface area contributed by atoms with E-state index in [9.17, 15) is 0 Å². The van der Waals surface area contributed by atoms with Gasteiger partial charge in [-0.25, -0.2) is 0 Å². The maximum absolute atomic E-state index is 5.75. The maximum atomic E-state index is 5.75. The zero-order valence-corrected chi connectivity index (χ0v) is 11.8. The number of hydrogen-bond donors (Lipinski definition) is 2. The van der Waals surface area contributed by atoms with E-state index >= 15 is 0 Å². The highest BCUT2D eigenvalue weighted by atomic mass is 16.5. The second-order valence-corrected chi connectivity index (χ2v) is 5.44. The summed E-state index contributed by atoms with van der Waals surface area (Å²) in [6.45, 7) is 1.39. The van der Waals surface area contributed by atoms with Crippen LogP contribution < -0.4 is 20.7 Å². The Morgan fingerprint density at radius 1 is 1.25 bits per heavy atom. The van der Waals surface area contributed by atoms with Gasteiger partial charge in [-0.2, -0.15) is 0 Å². The Morgan fingerprint density at radius 3 is 2.65 bits per heavy atom. The smallest absolute Gasteiger partial charge is 0.161 e. The second kappa shape index (κ2) is 5.99. The van der Waals surface area contributed by atoms with Crippen molar-refractivity contribution in [2.24, 2.45) is 11.8 Å². The van der Waals surface area contributed by atoms with Gasteiger partial charge in [0.1, 0.15) is 0 Å². The lowest BCUT2D eigenvalue weighted by Gasteiger charge is -2.26. The minimum Gasteiger partial charge on any atom is -0.490 e. The van der Waals surface area contributed by atoms with Crippen LogP contribution in [0.1, 0.15) is 30.9 Å². The number of nitrogens with two attached hydrogens (primary N) is 1. The standard InChI is InChI=1S/C15H22N2O3/c1-18-15(10-3-4-10)14(17-16)11-5-6-12-13(9-11)20-8-2-7-19-12/h5-6,9-10,14-15,17H,2-4,7-8,16H2,1H3. The third-order valence-electron chi connectivity index (χ3n) is 4.00. The highest BCUT2D eigenvalue weighted by molar-refractivity contribution is 5.44. The molecule has 0 radical (unpaired) electrons. The molecule has 0 saturated heterocycles. The van der Waals surface area contributed by atoms with Crippen LogP contribution >= 0.6 is 0 Å². The molecule has 1 heterocycles. The molecule has 1 aromatic carbocycles. The SMILES string of the molecule is COC(C1CC1)C(NN)c1ccc2c(c1)OCCCO2. The molecule has 1 aliphatic carbocycles. The molecule has 0 amide bonds. The molecule has 2 aliphatic rings. The Labute approximate surface area is 119 Å². The third-order valence-corrected chi connectivity index (χ3v) is 4.00. The zero-order chi connectivity index (χ0) is 13.9. The lowest BCUT2D eigenvalue weighted by atomic mass is 9.98. The summed E-state index contributed by atoms with van der Waals surface area (Å²) in [6, 6.07) is 5.98. The van der Waals surface area contributed by atoms with Gasteiger partial charge in [-0.05, 0) is 36.5 Å². The number of nitrogens with one attached hydrogen (secondary N) is 1. The molecule has 5 nitrogen and oxygen atoms in total. The predicted octanol–water partition coefficient (Wildman–Crippen LogP) is 1.78. The summed E-state index contributed by atoms with van der Waals surface area (Å²) in [5.41, 5.74) is 3.97. The molecule has 1 aromatic rings. The van der Waals surface area contributed by atoms with Crippen molar-refractivity contribution >= 4 is 0 Å². The molecule has 0 aromatic heterocycles. The molecule has 0 spiro atoms. The summed E-state index contributed by atoms with van der Waals surface area (Å²) in [7, 11) is 1.75. The van der Waals surface area contributed by atoms with Gasteiger partial charge in [0.05, 0.1) is 25.4 Å². The molecule has 0 bridgehead atoms. The number of benzene rings is 1. The Kier molecular flexibility index (Phi) is 4.10. The molecule has 3 rings (SSSR count). The average Bonchev–Trinajstić information content (AvgIpc) is 3.30. The molecule has 2 unspecified atom stereocenters. The van der Waals surface area contributed by atoms with Crippen molar-refractivity contribution in [2.45, 2.75) is 31.4 Å². The molecule has 1 aliphatic heterocycles. The minimum absolute atomic E-state index is 0.0235. The van der Waals surface area contributed by atoms with Crippen LogP contribution in [0.2, 0.25) is 0 Å². The first-order valence-corrected chi connectivity index (χ1v) is 7.22. The summed E-state index contributed by atoms with van der Waals surface area (Å²) in [6.07, 6.45) is 3.43. The van der Waals surface area contributed by atoms with Gasteiger partial charge in [0.2, 0.25) is 0 Å². The van der Waals surface area contributed by atoms with Gasteiger partial charge in [0.25, 0.3) is 0 Å². The highest BCUT2D eigenvalue weighted by Crippen LogP contribution is 2.41. The van der Waals surface area contributed by atoms with Crippen molar-refractivity contribution < 1.29 is 14.2 Å². The van der Waals surface area contributed by atoms with Crippen molar-refractivity contribution in [1.29, 1.82) is 0 Å². The lowest BCUT2D eigenvalue weighted by Crippen LogP contribution is -2.38. The Hall–Kier alpha value is -1.30. The van der Waals surface area contributed by atoms with Crippen LogP contribution in [0.5, 0.6) is 11.5 Å². The van der Waals surface area contributed by atoms with E-state index in [-0.39, 0.29) is 12.1 Å². The average molecular weight is 278 g/mol. The van der Waals surface area contributed by atoms with E-state index < -0.39 is 0 Å². The van der Waals surface area contributed by atoms with Crippen molar-refractivity contribution in [3.05, 3.63) is 23.8 Å². The number of hydrazine groups is 1. The fraction of sp³-hybridized carbons (Fsp3) is 0.600. The first-order valence-electron chi connectivity index (χ1n) is 7.22. The molecule has 2 atom stereocenters. The van der Waals surface area contributed by atoms with E-state index in [1.807, 2.05) is 18.2 Å². The summed E-state index contributed by atoms with van der Waals surface area (Å²) >= 11 is 0. The highest BCUT2D eigenvalue weighted by Gasteiger charge is 2.37. The number of methoxy groups -OCH3 is 1. The van der Waals surface area contributed by atoms with Crippen LogP contribution in [0.3, 0.4) is 0 Å². The Bertz CT molecular complexity index is 462. The first-order chi connectivity index (χ1) is 9.83. The normalized spacial score (nSPS) is 21.1. The van der Waals surface area contributed by atoms with Crippen LogP contribution in [0, 0.1) is 5.92 Å². The monoisotopic (exact) mass is 278 g/mol. The predicted molar refractivity (Wildman–Crippen MR) is 75.6 cm³/mol. The van der Waals surface area contributed by atoms with Crippen LogP contribution in [0.25, 0.3) is 0 Å². The first kappa shape index (κ1) is 13.7. The van der Waals surface area contributed by atoms with Gasteiger partial charge < -0.3 is 14.2 Å². The molecule has 110 valence electrons. The van der Waals surface area contributed by atoms with E-state index in [4.69, 9.17) is 20.1 Å². The van der Waals surface area contributed by atoms with Crippen molar-refractivity contribution in [3.8, 4) is 11.5 Å². The van der Waals surface area contributed by atoms with Crippen LogP contribution in [-0.2, 0) is 4.74 Å². The maximum Gasteiger partial charge on any atom is 0.161 e. The molecule has 5 heteroatoms. The number of hydrogen-bond acceptors (Lipinski definition) is 5. The second-order valence-electron chi connectivity index (χ2n) is 5.44. The molecule has 3 N–H and O–H groups in total. The zero-order valence-electron chi connectivity index (χ0n) is 11.8. The van der Waals surface area contributed by atoms with E-state index in [1.54, 1.807) is 7.11 Å². The largest absolute Gasteiger partial charge is 0.490 e. The summed E-state index contributed by atoms with van der Waals surface area (Å²) < 4.78 is 17.0. The number of rotatable bonds is 5. The van der Waals surface area contributed by atoms with Crippen molar-refractivity contribution in [2.75, 3.05) is 20.3 Å². The summed E-state index contributed by atoms with van der Waals surface area (Å²) in [5, 5.41) is 0. The molecule has 20 heavy (non-hydrogen) atoms. The van der Waals surface area contributed by atoms with Crippen LogP contribution in [-0.4, -0.2) is 26.4 Å². The van der Waals surface area contributed by atoms with E-state index in [2.05, 4.69) is 5.43 Å². The Morgan fingerprint density at radius 2 is 2.00 bits per heavy atom. The van der Waals surface area contributed by atoms with Crippen molar-refractivity contribution in [1.82, 2.24) is 5.43 Å².